The molecule has 0 bridgehead atoms. The lowest BCUT2D eigenvalue weighted by molar-refractivity contribution is -0.131. The Labute approximate surface area is 162 Å². The number of hydroxylamine groups is 1. The molecule has 9 nitrogen and oxygen atoms in total. The molecule has 28 heavy (non-hydrogen) atoms. The van der Waals surface area contributed by atoms with E-state index in [0.29, 0.717) is 5.82 Å². The Kier molecular flexibility index (Phi) is 5.09. The maximum absolute atomic E-state index is 12.0. The Bertz CT molecular complexity index is 1140. The molecule has 1 unspecified atom stereocenters. The standard InChI is InChI=1S/C18H21N5O4S/c1-18(17(24)22-25,28(2,26)27)5-6-23-11-15(10-21-23)12-3-4-13-9-20-16(19)8-14(13)7-12/h3-4,7-11,25H,5-6H2,1-2H3,(H2,19,20)(H,22,24). The van der Waals surface area contributed by atoms with Crippen LogP contribution in [0.15, 0.2) is 42.9 Å². The minimum absolute atomic E-state index is 0.0424. The van der Waals surface area contributed by atoms with Crippen LogP contribution in [-0.2, 0) is 21.2 Å². The predicted octanol–water partition coefficient (Wildman–Crippen LogP) is 1.38. The topological polar surface area (TPSA) is 140 Å². The summed E-state index contributed by atoms with van der Waals surface area (Å²) in [6, 6.07) is 7.62. The third-order valence-electron chi connectivity index (χ3n) is 4.93. The van der Waals surface area contributed by atoms with Gasteiger partial charge < -0.3 is 5.73 Å². The van der Waals surface area contributed by atoms with E-state index in [2.05, 4.69) is 10.1 Å². The summed E-state index contributed by atoms with van der Waals surface area (Å²) in [4.78, 5) is 16.0. The molecule has 0 spiro atoms. The molecular formula is C18H21N5O4S. The van der Waals surface area contributed by atoms with Crippen LogP contribution in [-0.4, -0.2) is 45.3 Å². The Morgan fingerprint density at radius 3 is 2.68 bits per heavy atom. The third-order valence-corrected chi connectivity index (χ3v) is 6.95. The Hall–Kier alpha value is -2.98. The molecule has 4 N–H and O–H groups in total. The summed E-state index contributed by atoms with van der Waals surface area (Å²) in [5.41, 5.74) is 8.94. The highest BCUT2D eigenvalue weighted by Gasteiger charge is 2.43. The maximum Gasteiger partial charge on any atom is 0.264 e. The van der Waals surface area contributed by atoms with E-state index in [-0.39, 0.29) is 13.0 Å². The molecule has 0 saturated carbocycles. The minimum Gasteiger partial charge on any atom is -0.384 e. The number of pyridine rings is 1. The van der Waals surface area contributed by atoms with Gasteiger partial charge in [-0.05, 0) is 36.4 Å². The Morgan fingerprint density at radius 2 is 2.00 bits per heavy atom. The van der Waals surface area contributed by atoms with Crippen LogP contribution in [0.3, 0.4) is 0 Å². The molecule has 3 rings (SSSR count). The van der Waals surface area contributed by atoms with Crippen molar-refractivity contribution in [2.24, 2.45) is 0 Å². The summed E-state index contributed by atoms with van der Waals surface area (Å²) >= 11 is 0. The average molecular weight is 403 g/mol. The number of aryl methyl sites for hydroxylation is 1. The molecule has 0 aliphatic rings. The highest BCUT2D eigenvalue weighted by atomic mass is 32.2. The van der Waals surface area contributed by atoms with E-state index in [1.807, 2.05) is 18.2 Å². The van der Waals surface area contributed by atoms with Gasteiger partial charge in [0.2, 0.25) is 0 Å². The molecular weight excluding hydrogens is 382 g/mol. The molecule has 1 atom stereocenters. The normalized spacial score (nSPS) is 14.0. The zero-order valence-electron chi connectivity index (χ0n) is 15.5. The molecule has 1 amide bonds. The molecule has 2 aromatic heterocycles. The first kappa shape index (κ1) is 19.8. The minimum atomic E-state index is -3.75. The van der Waals surface area contributed by atoms with Gasteiger partial charge in [-0.2, -0.15) is 5.10 Å². The van der Waals surface area contributed by atoms with Crippen molar-refractivity contribution in [3.63, 3.8) is 0 Å². The second-order valence-corrected chi connectivity index (χ2v) is 9.30. The lowest BCUT2D eigenvalue weighted by Gasteiger charge is -2.24. The van der Waals surface area contributed by atoms with Crippen molar-refractivity contribution in [2.75, 3.05) is 12.0 Å². The van der Waals surface area contributed by atoms with Crippen molar-refractivity contribution in [3.05, 3.63) is 42.9 Å². The van der Waals surface area contributed by atoms with E-state index in [9.17, 15) is 13.2 Å². The van der Waals surface area contributed by atoms with Gasteiger partial charge in [-0.15, -0.1) is 0 Å². The molecule has 0 aliphatic heterocycles. The van der Waals surface area contributed by atoms with E-state index in [0.717, 1.165) is 28.2 Å². The number of anilines is 1. The molecule has 3 aromatic rings. The van der Waals surface area contributed by atoms with Gasteiger partial charge in [0, 0.05) is 36.1 Å². The van der Waals surface area contributed by atoms with Crippen LogP contribution >= 0.6 is 0 Å². The number of aromatic nitrogens is 3. The number of fused-ring (bicyclic) bond motifs is 1. The smallest absolute Gasteiger partial charge is 0.264 e. The highest BCUT2D eigenvalue weighted by Crippen LogP contribution is 2.26. The van der Waals surface area contributed by atoms with Gasteiger partial charge in [0.05, 0.1) is 6.20 Å². The van der Waals surface area contributed by atoms with Gasteiger partial charge in [-0.25, -0.2) is 18.9 Å². The van der Waals surface area contributed by atoms with Gasteiger partial charge in [-0.3, -0.25) is 14.7 Å². The largest absolute Gasteiger partial charge is 0.384 e. The SMILES string of the molecule is CC(CCn1cc(-c2ccc3cnc(N)cc3c2)cn1)(C(=O)NO)S(C)(=O)=O. The lowest BCUT2D eigenvalue weighted by atomic mass is 10.0. The van der Waals surface area contributed by atoms with Gasteiger partial charge in [-0.1, -0.05) is 12.1 Å². The number of hydrogen-bond donors (Lipinski definition) is 3. The number of carbonyl (C=O) groups excluding carboxylic acids is 1. The van der Waals surface area contributed by atoms with E-state index in [1.54, 1.807) is 29.3 Å². The first-order valence-corrected chi connectivity index (χ1v) is 10.4. The zero-order chi connectivity index (χ0) is 20.5. The van der Waals surface area contributed by atoms with Crippen LogP contribution in [0.4, 0.5) is 5.82 Å². The van der Waals surface area contributed by atoms with Crippen LogP contribution in [0.2, 0.25) is 0 Å². The molecule has 0 fully saturated rings. The number of nitrogens with two attached hydrogens (primary N) is 1. The highest BCUT2D eigenvalue weighted by molar-refractivity contribution is 7.92. The van der Waals surface area contributed by atoms with Gasteiger partial charge in [0.25, 0.3) is 5.91 Å². The molecule has 0 saturated heterocycles. The summed E-state index contributed by atoms with van der Waals surface area (Å²) < 4.78 is 23.9. The van der Waals surface area contributed by atoms with Crippen molar-refractivity contribution < 1.29 is 18.4 Å². The first-order valence-electron chi connectivity index (χ1n) is 8.46. The fourth-order valence-electron chi connectivity index (χ4n) is 2.89. The quantitative estimate of drug-likeness (QED) is 0.417. The summed E-state index contributed by atoms with van der Waals surface area (Å²) in [6.45, 7) is 1.46. The molecule has 10 heteroatoms. The van der Waals surface area contributed by atoms with Crippen LogP contribution in [0.25, 0.3) is 21.9 Å². The van der Waals surface area contributed by atoms with Crippen molar-refractivity contribution in [1.29, 1.82) is 0 Å². The number of nitrogens with zero attached hydrogens (tertiary/aromatic N) is 3. The van der Waals surface area contributed by atoms with Crippen LogP contribution in [0, 0.1) is 0 Å². The number of sulfone groups is 1. The second kappa shape index (κ2) is 7.21. The van der Waals surface area contributed by atoms with Crippen molar-refractivity contribution >= 4 is 32.3 Å². The number of rotatable bonds is 6. The van der Waals surface area contributed by atoms with Gasteiger partial charge in [0.1, 0.15) is 5.82 Å². The fourth-order valence-corrected chi connectivity index (χ4v) is 3.73. The van der Waals surface area contributed by atoms with E-state index in [1.165, 1.54) is 12.4 Å². The number of carbonyl (C=O) groups is 1. The van der Waals surface area contributed by atoms with Crippen LogP contribution in [0.1, 0.15) is 13.3 Å². The zero-order valence-corrected chi connectivity index (χ0v) is 16.3. The van der Waals surface area contributed by atoms with Crippen molar-refractivity contribution in [1.82, 2.24) is 20.2 Å². The third kappa shape index (κ3) is 3.69. The van der Waals surface area contributed by atoms with Crippen molar-refractivity contribution in [3.8, 4) is 11.1 Å². The Balaban J connectivity index is 1.83. The first-order chi connectivity index (χ1) is 13.1. The second-order valence-electron chi connectivity index (χ2n) is 6.86. The summed E-state index contributed by atoms with van der Waals surface area (Å²) in [6.07, 6.45) is 6.06. The Morgan fingerprint density at radius 1 is 1.25 bits per heavy atom. The van der Waals surface area contributed by atoms with E-state index < -0.39 is 20.5 Å². The van der Waals surface area contributed by atoms with Crippen LogP contribution < -0.4 is 11.2 Å². The van der Waals surface area contributed by atoms with E-state index >= 15 is 0 Å². The molecule has 2 heterocycles. The molecule has 148 valence electrons. The summed E-state index contributed by atoms with van der Waals surface area (Å²) in [5, 5.41) is 15.0. The summed E-state index contributed by atoms with van der Waals surface area (Å²) in [7, 11) is -3.75. The number of benzene rings is 1. The molecule has 0 radical (unpaired) electrons. The van der Waals surface area contributed by atoms with Gasteiger partial charge >= 0.3 is 0 Å². The lowest BCUT2D eigenvalue weighted by Crippen LogP contribution is -2.49. The monoisotopic (exact) mass is 403 g/mol. The molecule has 1 aromatic carbocycles. The predicted molar refractivity (Wildman–Crippen MR) is 105 cm³/mol. The van der Waals surface area contributed by atoms with Crippen LogP contribution in [0.5, 0.6) is 0 Å². The fraction of sp³-hybridized carbons (Fsp3) is 0.278. The average Bonchev–Trinajstić information content (AvgIpc) is 3.13. The number of nitrogen functional groups attached to an aromatic ring is 1. The number of hydrogen-bond acceptors (Lipinski definition) is 7. The van der Waals surface area contributed by atoms with Gasteiger partial charge in [0.15, 0.2) is 14.6 Å². The van der Waals surface area contributed by atoms with Crippen molar-refractivity contribution in [2.45, 2.75) is 24.6 Å². The molecule has 0 aliphatic carbocycles. The number of nitrogens with one attached hydrogen (secondary N) is 1. The summed E-state index contributed by atoms with van der Waals surface area (Å²) in [5.74, 6) is -0.536. The van der Waals surface area contributed by atoms with E-state index in [4.69, 9.17) is 10.9 Å². The maximum atomic E-state index is 12.0. The number of amides is 1.